The van der Waals surface area contributed by atoms with Gasteiger partial charge in [0.1, 0.15) is 5.76 Å². The van der Waals surface area contributed by atoms with E-state index in [0.717, 1.165) is 0 Å². The summed E-state index contributed by atoms with van der Waals surface area (Å²) in [5, 5.41) is 2.70. The van der Waals surface area contributed by atoms with Gasteiger partial charge < -0.3 is 14.5 Å². The summed E-state index contributed by atoms with van der Waals surface area (Å²) in [5.41, 5.74) is 1.18. The Morgan fingerprint density at radius 2 is 1.95 bits per heavy atom. The van der Waals surface area contributed by atoms with Crippen LogP contribution in [0.1, 0.15) is 33.4 Å². The van der Waals surface area contributed by atoms with Gasteiger partial charge in [-0.3, -0.25) is 4.79 Å². The Labute approximate surface area is 116 Å². The molecule has 1 aromatic carbocycles. The van der Waals surface area contributed by atoms with Gasteiger partial charge in [-0.05, 0) is 18.2 Å². The van der Waals surface area contributed by atoms with Crippen LogP contribution in [0.5, 0.6) is 0 Å². The molecule has 20 heavy (non-hydrogen) atoms. The smallest absolute Gasteiger partial charge is 0.339 e. The minimum atomic E-state index is -0.496. The second kappa shape index (κ2) is 6.06. The molecule has 1 heterocycles. The molecule has 0 aliphatic rings. The number of esters is 1. The Morgan fingerprint density at radius 3 is 2.65 bits per heavy atom. The van der Waals surface area contributed by atoms with Crippen molar-refractivity contribution >= 4 is 17.6 Å². The largest absolute Gasteiger partial charge is 0.469 e. The number of carbonyl (C=O) groups is 2. The maximum atomic E-state index is 12.2. The number of aryl methyl sites for hydroxylation is 1. The van der Waals surface area contributed by atoms with Crippen molar-refractivity contribution in [3.05, 3.63) is 53.5 Å². The molecule has 0 atom stereocenters. The van der Waals surface area contributed by atoms with E-state index in [0.29, 0.717) is 29.0 Å². The van der Waals surface area contributed by atoms with E-state index < -0.39 is 5.97 Å². The third kappa shape index (κ3) is 2.71. The predicted octanol–water partition coefficient (Wildman–Crippen LogP) is 2.88. The van der Waals surface area contributed by atoms with Crippen LogP contribution in [-0.2, 0) is 11.2 Å². The van der Waals surface area contributed by atoms with Crippen LogP contribution >= 0.6 is 0 Å². The van der Waals surface area contributed by atoms with E-state index in [4.69, 9.17) is 4.42 Å². The Kier molecular flexibility index (Phi) is 4.20. The first-order valence-electron chi connectivity index (χ1n) is 6.22. The molecule has 0 fully saturated rings. The summed E-state index contributed by atoms with van der Waals surface area (Å²) in [6, 6.07) is 8.29. The minimum Gasteiger partial charge on any atom is -0.469 e. The monoisotopic (exact) mass is 273 g/mol. The summed E-state index contributed by atoms with van der Waals surface area (Å²) in [7, 11) is 1.30. The maximum absolute atomic E-state index is 12.2. The normalized spacial score (nSPS) is 10.1. The second-order valence-electron chi connectivity index (χ2n) is 4.10. The van der Waals surface area contributed by atoms with Gasteiger partial charge in [0.05, 0.1) is 30.2 Å². The number of rotatable bonds is 4. The van der Waals surface area contributed by atoms with Gasteiger partial charge in [-0.25, -0.2) is 4.79 Å². The highest BCUT2D eigenvalue weighted by atomic mass is 16.5. The first-order valence-corrected chi connectivity index (χ1v) is 6.22. The fourth-order valence-electron chi connectivity index (χ4n) is 1.89. The quantitative estimate of drug-likeness (QED) is 0.870. The number of anilines is 1. The molecular formula is C15H15NO4. The van der Waals surface area contributed by atoms with Crippen LogP contribution in [0.2, 0.25) is 0 Å². The zero-order chi connectivity index (χ0) is 14.5. The van der Waals surface area contributed by atoms with Crippen LogP contribution in [0.25, 0.3) is 0 Å². The van der Waals surface area contributed by atoms with E-state index in [1.54, 1.807) is 30.3 Å². The maximum Gasteiger partial charge on any atom is 0.339 e. The molecule has 5 nitrogen and oxygen atoms in total. The lowest BCUT2D eigenvalue weighted by atomic mass is 10.1. The highest BCUT2D eigenvalue weighted by Gasteiger charge is 2.17. The Hall–Kier alpha value is -2.56. The lowest BCUT2D eigenvalue weighted by molar-refractivity contribution is 0.0602. The molecule has 5 heteroatoms. The summed E-state index contributed by atoms with van der Waals surface area (Å²) in [6.45, 7) is 1.90. The van der Waals surface area contributed by atoms with E-state index in [1.807, 2.05) is 6.92 Å². The number of hydrogen-bond acceptors (Lipinski definition) is 4. The van der Waals surface area contributed by atoms with Crippen molar-refractivity contribution < 1.29 is 18.7 Å². The molecule has 0 radical (unpaired) electrons. The minimum absolute atomic E-state index is 0.310. The van der Waals surface area contributed by atoms with Crippen molar-refractivity contribution in [1.29, 1.82) is 0 Å². The number of benzene rings is 1. The summed E-state index contributed by atoms with van der Waals surface area (Å²) in [5.74, 6) is -0.200. The summed E-state index contributed by atoms with van der Waals surface area (Å²) < 4.78 is 9.90. The van der Waals surface area contributed by atoms with E-state index in [-0.39, 0.29) is 5.91 Å². The van der Waals surface area contributed by atoms with Gasteiger partial charge in [0.15, 0.2) is 0 Å². The third-order valence-electron chi connectivity index (χ3n) is 2.89. The number of hydrogen-bond donors (Lipinski definition) is 1. The van der Waals surface area contributed by atoms with Gasteiger partial charge in [-0.1, -0.05) is 19.1 Å². The van der Waals surface area contributed by atoms with Crippen LogP contribution in [0.3, 0.4) is 0 Å². The first-order chi connectivity index (χ1) is 9.67. The first kappa shape index (κ1) is 13.9. The van der Waals surface area contributed by atoms with E-state index in [1.165, 1.54) is 13.4 Å². The number of amides is 1. The van der Waals surface area contributed by atoms with Crippen LogP contribution < -0.4 is 5.32 Å². The molecule has 2 rings (SSSR count). The molecular weight excluding hydrogens is 258 g/mol. The van der Waals surface area contributed by atoms with Gasteiger partial charge in [0.2, 0.25) is 0 Å². The topological polar surface area (TPSA) is 68.5 Å². The molecule has 2 aromatic rings. The highest BCUT2D eigenvalue weighted by molar-refractivity contribution is 6.08. The molecule has 0 saturated carbocycles. The van der Waals surface area contributed by atoms with Gasteiger partial charge >= 0.3 is 5.97 Å². The van der Waals surface area contributed by atoms with Crippen molar-refractivity contribution in [3.8, 4) is 0 Å². The van der Waals surface area contributed by atoms with Crippen LogP contribution in [-0.4, -0.2) is 19.0 Å². The molecule has 1 aromatic heterocycles. The predicted molar refractivity (Wildman–Crippen MR) is 73.8 cm³/mol. The standard InChI is InChI=1S/C15H15NO4/c1-3-13-11(8-9-20-13)14(17)16-12-7-5-4-6-10(12)15(18)19-2/h4-9H,3H2,1-2H3,(H,16,17). The Morgan fingerprint density at radius 1 is 1.20 bits per heavy atom. The van der Waals surface area contributed by atoms with Gasteiger partial charge in [-0.2, -0.15) is 0 Å². The number of furan rings is 1. The van der Waals surface area contributed by atoms with Gasteiger partial charge in [0, 0.05) is 6.42 Å². The molecule has 0 aliphatic heterocycles. The van der Waals surface area contributed by atoms with E-state index >= 15 is 0 Å². The van der Waals surface area contributed by atoms with Crippen molar-refractivity contribution in [1.82, 2.24) is 0 Å². The molecule has 1 amide bonds. The molecule has 0 spiro atoms. The van der Waals surface area contributed by atoms with Crippen LogP contribution in [0, 0.1) is 0 Å². The summed E-state index contributed by atoms with van der Waals surface area (Å²) in [4.78, 5) is 23.8. The lowest BCUT2D eigenvalue weighted by Gasteiger charge is -2.09. The third-order valence-corrected chi connectivity index (χ3v) is 2.89. The fourth-order valence-corrected chi connectivity index (χ4v) is 1.89. The van der Waals surface area contributed by atoms with Crippen molar-refractivity contribution in [2.24, 2.45) is 0 Å². The molecule has 0 aliphatic carbocycles. The Balaban J connectivity index is 2.26. The summed E-state index contributed by atoms with van der Waals surface area (Å²) in [6.07, 6.45) is 2.09. The number of methoxy groups -OCH3 is 1. The SMILES string of the molecule is CCc1occc1C(=O)Nc1ccccc1C(=O)OC. The average molecular weight is 273 g/mol. The fraction of sp³-hybridized carbons (Fsp3) is 0.200. The second-order valence-corrected chi connectivity index (χ2v) is 4.10. The van der Waals surface area contributed by atoms with Crippen LogP contribution in [0.4, 0.5) is 5.69 Å². The molecule has 0 unspecified atom stereocenters. The van der Waals surface area contributed by atoms with E-state index in [9.17, 15) is 9.59 Å². The van der Waals surface area contributed by atoms with Crippen molar-refractivity contribution in [3.63, 3.8) is 0 Å². The van der Waals surface area contributed by atoms with Crippen molar-refractivity contribution in [2.45, 2.75) is 13.3 Å². The number of nitrogens with one attached hydrogen (secondary N) is 1. The summed E-state index contributed by atoms with van der Waals surface area (Å²) >= 11 is 0. The van der Waals surface area contributed by atoms with Crippen LogP contribution in [0.15, 0.2) is 41.0 Å². The number of para-hydroxylation sites is 1. The van der Waals surface area contributed by atoms with Crippen molar-refractivity contribution in [2.75, 3.05) is 12.4 Å². The molecule has 0 saturated heterocycles. The Bertz CT molecular complexity index is 630. The molecule has 104 valence electrons. The molecule has 0 bridgehead atoms. The van der Waals surface area contributed by atoms with Gasteiger partial charge in [-0.15, -0.1) is 0 Å². The zero-order valence-electron chi connectivity index (χ0n) is 11.3. The van der Waals surface area contributed by atoms with Gasteiger partial charge in [0.25, 0.3) is 5.91 Å². The zero-order valence-corrected chi connectivity index (χ0v) is 11.3. The molecule has 1 N–H and O–H groups in total. The lowest BCUT2D eigenvalue weighted by Crippen LogP contribution is -2.16. The van der Waals surface area contributed by atoms with E-state index in [2.05, 4.69) is 10.1 Å². The highest BCUT2D eigenvalue weighted by Crippen LogP contribution is 2.19. The number of ether oxygens (including phenoxy) is 1. The number of carbonyl (C=O) groups excluding carboxylic acids is 2. The average Bonchev–Trinajstić information content (AvgIpc) is 2.95.